The predicted molar refractivity (Wildman–Crippen MR) is 112 cm³/mol. The Morgan fingerprint density at radius 1 is 1.45 bits per heavy atom. The highest BCUT2D eigenvalue weighted by molar-refractivity contribution is 8.03. The first-order valence-corrected chi connectivity index (χ1v) is 11.4. The molecule has 0 radical (unpaired) electrons. The zero-order valence-corrected chi connectivity index (χ0v) is 18.4. The van der Waals surface area contributed by atoms with Gasteiger partial charge in [0, 0.05) is 4.91 Å². The van der Waals surface area contributed by atoms with Gasteiger partial charge in [-0.2, -0.15) is 4.37 Å². The maximum absolute atomic E-state index is 12.7. The molecule has 0 spiro atoms. The number of nitrogens with two attached hydrogens (primary N) is 1. The van der Waals surface area contributed by atoms with Gasteiger partial charge in [-0.3, -0.25) is 14.5 Å². The van der Waals surface area contributed by atoms with Crippen LogP contribution < -0.4 is 11.1 Å². The van der Waals surface area contributed by atoms with E-state index in [4.69, 9.17) is 17.3 Å². The number of hydrogen-bond acceptors (Lipinski definition) is 12. The van der Waals surface area contributed by atoms with E-state index in [0.717, 1.165) is 39.5 Å². The van der Waals surface area contributed by atoms with Gasteiger partial charge in [-0.05, 0) is 24.4 Å². The zero-order chi connectivity index (χ0) is 22.3. The minimum Gasteiger partial charge on any atom is -0.477 e. The Labute approximate surface area is 191 Å². The van der Waals surface area contributed by atoms with E-state index in [9.17, 15) is 24.7 Å². The number of thioether (sulfide) groups is 1. The zero-order valence-electron chi connectivity index (χ0n) is 15.2. The van der Waals surface area contributed by atoms with Crippen LogP contribution in [0.25, 0.3) is 0 Å². The summed E-state index contributed by atoms with van der Waals surface area (Å²) >= 11 is 9.08. The number of hydrogen-bond donors (Lipinski definition) is 4. The summed E-state index contributed by atoms with van der Waals surface area (Å²) in [7, 11) is 0. The van der Waals surface area contributed by atoms with E-state index < -0.39 is 35.6 Å². The highest BCUT2D eigenvalue weighted by atomic mass is 35.5. The molecule has 0 bridgehead atoms. The number of aliphatic carboxylic acids is 1. The van der Waals surface area contributed by atoms with Crippen LogP contribution in [-0.2, 0) is 14.4 Å². The Kier molecular flexibility index (Phi) is 5.83. The molecule has 0 saturated carbocycles. The molecule has 12 nitrogen and oxygen atoms in total. The maximum atomic E-state index is 12.7. The van der Waals surface area contributed by atoms with Crippen molar-refractivity contribution in [3.05, 3.63) is 26.1 Å². The molecule has 1 saturated heterocycles. The molecule has 2 aliphatic heterocycles. The number of oxime groups is 1. The van der Waals surface area contributed by atoms with E-state index in [1.807, 2.05) is 0 Å². The number of anilines is 1. The number of nitrogen functional groups attached to an aromatic ring is 1. The van der Waals surface area contributed by atoms with Crippen LogP contribution in [0.4, 0.5) is 5.13 Å². The molecular weight excluding hydrogens is 490 g/mol. The van der Waals surface area contributed by atoms with E-state index in [0.29, 0.717) is 22.9 Å². The van der Waals surface area contributed by atoms with E-state index in [1.54, 1.807) is 0 Å². The fraction of sp³-hybridized carbons (Fsp3) is 0.267. The standard InChI is InChI=1S/C15H12ClN7O5S3/c16-10-7(20-14(17)31-10)8(21-28)11(24)19-6-4-1-2-5(30-15-18-3-29-22-15)9(13(26)27)23(4)12(6)25/h3-4,6,28H,1-2H2,(H2,17,20)(H,19,24)(H,26,27)/b21-8-/t4-,6+/m1/s1. The SMILES string of the molecule is Nc1nc(/C(=N/O)C(=O)N[C@@H]2C(=O)N3C(C(=O)O)=C(Sc4ncsn4)CC[C@H]23)c(Cl)s1. The lowest BCUT2D eigenvalue weighted by molar-refractivity contribution is -0.155. The van der Waals surface area contributed by atoms with Gasteiger partial charge in [0.2, 0.25) is 5.16 Å². The molecule has 2 aromatic heterocycles. The van der Waals surface area contributed by atoms with Crippen LogP contribution >= 0.6 is 46.2 Å². The van der Waals surface area contributed by atoms with Gasteiger partial charge in [-0.15, -0.1) is 0 Å². The summed E-state index contributed by atoms with van der Waals surface area (Å²) in [6.45, 7) is 0. The number of rotatable bonds is 6. The van der Waals surface area contributed by atoms with Crippen LogP contribution in [0.15, 0.2) is 26.4 Å². The molecule has 1 fully saturated rings. The quantitative estimate of drug-likeness (QED) is 0.192. The molecule has 0 unspecified atom stereocenters. The molecule has 2 atom stereocenters. The number of aromatic nitrogens is 3. The summed E-state index contributed by atoms with van der Waals surface area (Å²) in [6.07, 6.45) is 0.775. The smallest absolute Gasteiger partial charge is 0.353 e. The van der Waals surface area contributed by atoms with Crippen LogP contribution in [0.1, 0.15) is 18.5 Å². The number of β-lactam (4-membered cyclic amide) rings is 1. The third-order valence-corrected chi connectivity index (χ3v) is 7.28. The largest absolute Gasteiger partial charge is 0.477 e. The third kappa shape index (κ3) is 3.84. The maximum Gasteiger partial charge on any atom is 0.353 e. The minimum absolute atomic E-state index is 0.0492. The van der Waals surface area contributed by atoms with Gasteiger partial charge in [0.1, 0.15) is 27.3 Å². The number of carbonyl (C=O) groups excluding carboxylic acids is 2. The first-order chi connectivity index (χ1) is 14.8. The van der Waals surface area contributed by atoms with Crippen molar-refractivity contribution in [3.63, 3.8) is 0 Å². The molecule has 2 aliphatic rings. The van der Waals surface area contributed by atoms with Gasteiger partial charge in [0.25, 0.3) is 11.8 Å². The predicted octanol–water partition coefficient (Wildman–Crippen LogP) is 0.986. The summed E-state index contributed by atoms with van der Waals surface area (Å²) in [5, 5.41) is 24.8. The number of fused-ring (bicyclic) bond motifs is 1. The second kappa shape index (κ2) is 8.41. The normalized spacial score (nSPS) is 21.0. The van der Waals surface area contributed by atoms with Gasteiger partial charge in [-0.1, -0.05) is 39.9 Å². The molecular formula is C15H12ClN7O5S3. The molecule has 5 N–H and O–H groups in total. The average Bonchev–Trinajstić information content (AvgIpc) is 3.35. The molecule has 2 amide bonds. The summed E-state index contributed by atoms with van der Waals surface area (Å²) in [5.74, 6) is -2.75. The van der Waals surface area contributed by atoms with Gasteiger partial charge in [0.15, 0.2) is 10.8 Å². The molecule has 4 heterocycles. The fourth-order valence-corrected chi connectivity index (χ4v) is 5.75. The Morgan fingerprint density at radius 3 is 2.81 bits per heavy atom. The summed E-state index contributed by atoms with van der Waals surface area (Å²) in [6, 6.07) is -1.55. The number of nitrogens with zero attached hydrogens (tertiary/aromatic N) is 5. The number of carboxylic acid groups (broad SMARTS) is 1. The fourth-order valence-electron chi connectivity index (χ4n) is 3.32. The average molecular weight is 502 g/mol. The third-order valence-electron chi connectivity index (χ3n) is 4.58. The molecule has 0 aromatic carbocycles. The van der Waals surface area contributed by atoms with Gasteiger partial charge in [-0.25, -0.2) is 14.8 Å². The first kappa shape index (κ1) is 21.5. The number of nitrogens with one attached hydrogen (secondary N) is 1. The van der Waals surface area contributed by atoms with E-state index in [2.05, 4.69) is 24.8 Å². The monoisotopic (exact) mass is 501 g/mol. The van der Waals surface area contributed by atoms with Crippen molar-refractivity contribution in [3.8, 4) is 0 Å². The van der Waals surface area contributed by atoms with Gasteiger partial charge < -0.3 is 21.4 Å². The lowest BCUT2D eigenvalue weighted by Gasteiger charge is -2.49. The number of halogens is 1. The van der Waals surface area contributed by atoms with Crippen LogP contribution in [-0.4, -0.2) is 65.1 Å². The second-order valence-corrected chi connectivity index (χ2v) is 9.58. The summed E-state index contributed by atoms with van der Waals surface area (Å²) in [5.41, 5.74) is 6.30. The van der Waals surface area contributed by atoms with Crippen molar-refractivity contribution < 1.29 is 24.7 Å². The van der Waals surface area contributed by atoms with E-state index in [-0.39, 0.29) is 20.9 Å². The van der Waals surface area contributed by atoms with Crippen molar-refractivity contribution in [2.24, 2.45) is 5.16 Å². The number of allylic oxidation sites excluding steroid dienone is 1. The van der Waals surface area contributed by atoms with E-state index >= 15 is 0 Å². The van der Waals surface area contributed by atoms with Crippen molar-refractivity contribution in [1.29, 1.82) is 0 Å². The first-order valence-electron chi connectivity index (χ1n) is 8.50. The highest BCUT2D eigenvalue weighted by Gasteiger charge is 2.54. The van der Waals surface area contributed by atoms with E-state index in [1.165, 1.54) is 5.51 Å². The van der Waals surface area contributed by atoms with Crippen molar-refractivity contribution >= 4 is 74.9 Å². The molecule has 4 rings (SSSR count). The lowest BCUT2D eigenvalue weighted by atomic mass is 9.86. The second-order valence-electron chi connectivity index (χ2n) is 6.28. The Hall–Kier alpha value is -2.75. The van der Waals surface area contributed by atoms with Gasteiger partial charge in [0.05, 0.1) is 6.04 Å². The lowest BCUT2D eigenvalue weighted by Crippen LogP contribution is -2.72. The number of carboxylic acids is 1. The molecule has 0 aliphatic carbocycles. The Morgan fingerprint density at radius 2 is 2.23 bits per heavy atom. The highest BCUT2D eigenvalue weighted by Crippen LogP contribution is 2.42. The molecule has 16 heteroatoms. The van der Waals surface area contributed by atoms with Crippen LogP contribution in [0, 0.1) is 0 Å². The van der Waals surface area contributed by atoms with Crippen LogP contribution in [0.5, 0.6) is 0 Å². The molecule has 2 aromatic rings. The van der Waals surface area contributed by atoms with Crippen molar-refractivity contribution in [1.82, 2.24) is 24.6 Å². The van der Waals surface area contributed by atoms with Crippen LogP contribution in [0.3, 0.4) is 0 Å². The molecule has 162 valence electrons. The van der Waals surface area contributed by atoms with Crippen molar-refractivity contribution in [2.75, 3.05) is 5.73 Å². The molecule has 31 heavy (non-hydrogen) atoms. The Bertz CT molecular complexity index is 1130. The minimum atomic E-state index is -1.26. The summed E-state index contributed by atoms with van der Waals surface area (Å²) < 4.78 is 4.10. The van der Waals surface area contributed by atoms with Gasteiger partial charge >= 0.3 is 5.97 Å². The summed E-state index contributed by atoms with van der Waals surface area (Å²) in [4.78, 5) is 46.7. The number of carbonyl (C=O) groups is 3. The number of amides is 2. The topological polar surface area (TPSA) is 184 Å². The van der Waals surface area contributed by atoms with Crippen molar-refractivity contribution in [2.45, 2.75) is 30.1 Å². The number of thiazole rings is 1. The Balaban J connectivity index is 1.53. The van der Waals surface area contributed by atoms with Crippen LogP contribution in [0.2, 0.25) is 4.34 Å².